The lowest BCUT2D eigenvalue weighted by Gasteiger charge is -2.19. The molecule has 168 valence electrons. The molecule has 9 heteroatoms. The second kappa shape index (κ2) is 9.32. The van der Waals surface area contributed by atoms with Gasteiger partial charge < -0.3 is 5.32 Å². The van der Waals surface area contributed by atoms with E-state index in [1.165, 1.54) is 21.3 Å². The molecule has 0 bridgehead atoms. The number of rotatable bonds is 8. The molecular weight excluding hydrogens is 418 g/mol. The van der Waals surface area contributed by atoms with Gasteiger partial charge >= 0.3 is 0 Å². The molecule has 0 aromatic heterocycles. The molecule has 1 N–H and O–H groups in total. The number of likely N-dealkylation sites (tertiary alicyclic amines) is 1. The topological polar surface area (TPSA) is 104 Å². The van der Waals surface area contributed by atoms with E-state index in [2.05, 4.69) is 5.32 Å². The SMILES string of the molecule is CCN(CC)S(=O)(=O)c1ccc(C)c(NC(=O)CCN2C(=O)C3CC=CCC3C2=O)c1. The van der Waals surface area contributed by atoms with Crippen LogP contribution < -0.4 is 5.32 Å². The maximum atomic E-state index is 12.8. The molecule has 31 heavy (non-hydrogen) atoms. The molecule has 3 amide bonds. The van der Waals surface area contributed by atoms with Crippen molar-refractivity contribution in [1.29, 1.82) is 0 Å². The third-order valence-electron chi connectivity index (χ3n) is 5.99. The van der Waals surface area contributed by atoms with Crippen molar-refractivity contribution in [3.05, 3.63) is 35.9 Å². The fraction of sp³-hybridized carbons (Fsp3) is 0.500. The van der Waals surface area contributed by atoms with E-state index in [0.717, 1.165) is 5.56 Å². The van der Waals surface area contributed by atoms with Crippen molar-refractivity contribution in [3.63, 3.8) is 0 Å². The molecule has 1 aromatic carbocycles. The van der Waals surface area contributed by atoms with Gasteiger partial charge in [0.2, 0.25) is 27.7 Å². The number of nitrogens with one attached hydrogen (secondary N) is 1. The smallest absolute Gasteiger partial charge is 0.243 e. The Bertz CT molecular complexity index is 988. The van der Waals surface area contributed by atoms with Crippen LogP contribution in [0.4, 0.5) is 5.69 Å². The van der Waals surface area contributed by atoms with Crippen LogP contribution in [0.3, 0.4) is 0 Å². The van der Waals surface area contributed by atoms with Gasteiger partial charge in [-0.15, -0.1) is 0 Å². The van der Waals surface area contributed by atoms with Crippen molar-refractivity contribution in [2.45, 2.75) is 44.9 Å². The van der Waals surface area contributed by atoms with Crippen molar-refractivity contribution in [2.24, 2.45) is 11.8 Å². The molecule has 2 aliphatic rings. The van der Waals surface area contributed by atoms with Crippen LogP contribution >= 0.6 is 0 Å². The first-order valence-corrected chi connectivity index (χ1v) is 12.1. The molecule has 0 saturated carbocycles. The van der Waals surface area contributed by atoms with E-state index in [0.29, 0.717) is 31.6 Å². The number of allylic oxidation sites excluding steroid dienone is 2. The first-order chi connectivity index (χ1) is 14.7. The first-order valence-electron chi connectivity index (χ1n) is 10.6. The Morgan fingerprint density at radius 1 is 1.10 bits per heavy atom. The molecule has 2 atom stereocenters. The number of carbonyl (C=O) groups excluding carboxylic acids is 3. The molecule has 2 unspecified atom stereocenters. The molecule has 1 fully saturated rings. The molecule has 1 heterocycles. The van der Waals surface area contributed by atoms with Gasteiger partial charge in [-0.25, -0.2) is 8.42 Å². The molecule has 8 nitrogen and oxygen atoms in total. The maximum Gasteiger partial charge on any atom is 0.243 e. The standard InChI is InChI=1S/C22H29N3O5S/c1-4-24(5-2)31(29,30)16-11-10-15(3)19(14-16)23-20(26)12-13-25-21(27)17-8-6-7-9-18(17)22(25)28/h6-7,10-11,14,17-18H,4-5,8-9,12-13H2,1-3H3,(H,23,26). The van der Waals surface area contributed by atoms with E-state index in [4.69, 9.17) is 0 Å². The van der Waals surface area contributed by atoms with Crippen molar-refractivity contribution in [3.8, 4) is 0 Å². The Morgan fingerprint density at radius 2 is 1.68 bits per heavy atom. The molecule has 1 aliphatic carbocycles. The van der Waals surface area contributed by atoms with E-state index in [1.54, 1.807) is 26.8 Å². The number of aryl methyl sites for hydroxylation is 1. The average Bonchev–Trinajstić information content (AvgIpc) is 2.99. The summed E-state index contributed by atoms with van der Waals surface area (Å²) in [6.45, 7) is 6.03. The molecule has 1 saturated heterocycles. The number of sulfonamides is 1. The number of anilines is 1. The Balaban J connectivity index is 1.67. The minimum Gasteiger partial charge on any atom is -0.326 e. The lowest BCUT2D eigenvalue weighted by atomic mass is 9.85. The van der Waals surface area contributed by atoms with Crippen LogP contribution in [0.2, 0.25) is 0 Å². The maximum absolute atomic E-state index is 12.8. The summed E-state index contributed by atoms with van der Waals surface area (Å²) in [5.41, 5.74) is 1.12. The average molecular weight is 448 g/mol. The number of hydrogen-bond donors (Lipinski definition) is 1. The monoisotopic (exact) mass is 447 g/mol. The van der Waals surface area contributed by atoms with Crippen LogP contribution in [0, 0.1) is 18.8 Å². The number of carbonyl (C=O) groups is 3. The molecule has 3 rings (SSSR count). The largest absolute Gasteiger partial charge is 0.326 e. The van der Waals surface area contributed by atoms with Gasteiger partial charge in [-0.05, 0) is 37.5 Å². The van der Waals surface area contributed by atoms with Gasteiger partial charge in [-0.3, -0.25) is 19.3 Å². The van der Waals surface area contributed by atoms with Crippen LogP contribution in [0.5, 0.6) is 0 Å². The summed E-state index contributed by atoms with van der Waals surface area (Å²) in [6, 6.07) is 4.63. The molecule has 1 aromatic rings. The Morgan fingerprint density at radius 3 is 2.23 bits per heavy atom. The summed E-state index contributed by atoms with van der Waals surface area (Å²) in [5, 5.41) is 2.73. The number of hydrogen-bond acceptors (Lipinski definition) is 5. The zero-order valence-corrected chi connectivity index (χ0v) is 18.9. The van der Waals surface area contributed by atoms with Gasteiger partial charge in [-0.1, -0.05) is 32.1 Å². The molecular formula is C22H29N3O5S. The van der Waals surface area contributed by atoms with Crippen molar-refractivity contribution >= 4 is 33.4 Å². The van der Waals surface area contributed by atoms with Crippen molar-refractivity contribution in [2.75, 3.05) is 25.0 Å². The summed E-state index contributed by atoms with van der Waals surface area (Å²) in [6.07, 6.45) is 4.92. The van der Waals surface area contributed by atoms with E-state index in [1.807, 2.05) is 12.2 Å². The quantitative estimate of drug-likeness (QED) is 0.486. The Hall–Kier alpha value is -2.52. The highest BCUT2D eigenvalue weighted by molar-refractivity contribution is 7.89. The number of benzene rings is 1. The fourth-order valence-corrected chi connectivity index (χ4v) is 5.61. The number of fused-ring (bicyclic) bond motifs is 1. The van der Waals surface area contributed by atoms with Crippen LogP contribution in [0.25, 0.3) is 0 Å². The molecule has 0 radical (unpaired) electrons. The normalized spacial score (nSPS) is 21.0. The van der Waals surface area contributed by atoms with Crippen LogP contribution in [-0.2, 0) is 24.4 Å². The van der Waals surface area contributed by atoms with Gasteiger partial charge in [-0.2, -0.15) is 4.31 Å². The first kappa shape index (κ1) is 23.1. The highest BCUT2D eigenvalue weighted by atomic mass is 32.2. The number of imide groups is 1. The van der Waals surface area contributed by atoms with Gasteiger partial charge in [0.05, 0.1) is 16.7 Å². The van der Waals surface area contributed by atoms with E-state index in [-0.39, 0.29) is 47.4 Å². The predicted octanol–water partition coefficient (Wildman–Crippen LogP) is 2.31. The predicted molar refractivity (Wildman–Crippen MR) is 117 cm³/mol. The lowest BCUT2D eigenvalue weighted by Crippen LogP contribution is -2.34. The van der Waals surface area contributed by atoms with Crippen LogP contribution in [0.15, 0.2) is 35.2 Å². The van der Waals surface area contributed by atoms with E-state index < -0.39 is 10.0 Å². The summed E-state index contributed by atoms with van der Waals surface area (Å²) >= 11 is 0. The summed E-state index contributed by atoms with van der Waals surface area (Å²) < 4.78 is 26.9. The molecule has 0 spiro atoms. The second-order valence-electron chi connectivity index (χ2n) is 7.85. The Labute approximate surface area is 183 Å². The van der Waals surface area contributed by atoms with Gasteiger partial charge in [0, 0.05) is 31.7 Å². The third-order valence-corrected chi connectivity index (χ3v) is 8.03. The zero-order valence-electron chi connectivity index (χ0n) is 18.1. The van der Waals surface area contributed by atoms with E-state index >= 15 is 0 Å². The second-order valence-corrected chi connectivity index (χ2v) is 9.79. The van der Waals surface area contributed by atoms with Crippen LogP contribution in [0.1, 0.15) is 38.7 Å². The Kier molecular flexibility index (Phi) is 6.96. The van der Waals surface area contributed by atoms with Gasteiger partial charge in [0.1, 0.15) is 0 Å². The summed E-state index contributed by atoms with van der Waals surface area (Å²) in [5.74, 6) is -1.44. The fourth-order valence-electron chi connectivity index (χ4n) is 4.12. The van der Waals surface area contributed by atoms with Crippen molar-refractivity contribution < 1.29 is 22.8 Å². The molecule has 1 aliphatic heterocycles. The van der Waals surface area contributed by atoms with Crippen LogP contribution in [-0.4, -0.2) is 55.0 Å². The minimum absolute atomic E-state index is 0.0208. The third kappa shape index (κ3) is 4.57. The highest BCUT2D eigenvalue weighted by Gasteiger charge is 2.46. The minimum atomic E-state index is -3.65. The van der Waals surface area contributed by atoms with E-state index in [9.17, 15) is 22.8 Å². The summed E-state index contributed by atoms with van der Waals surface area (Å²) in [4.78, 5) is 38.9. The van der Waals surface area contributed by atoms with Gasteiger partial charge in [0.25, 0.3) is 0 Å². The number of amides is 3. The lowest BCUT2D eigenvalue weighted by molar-refractivity contribution is -0.140. The summed E-state index contributed by atoms with van der Waals surface area (Å²) in [7, 11) is -3.65. The number of nitrogens with zero attached hydrogens (tertiary/aromatic N) is 2. The van der Waals surface area contributed by atoms with Gasteiger partial charge in [0.15, 0.2) is 0 Å². The van der Waals surface area contributed by atoms with Crippen molar-refractivity contribution in [1.82, 2.24) is 9.21 Å². The highest BCUT2D eigenvalue weighted by Crippen LogP contribution is 2.35. The zero-order chi connectivity index (χ0) is 22.8.